The number of hydrogen-bond acceptors (Lipinski definition) is 7. The number of benzene rings is 2. The Morgan fingerprint density at radius 1 is 1.15 bits per heavy atom. The van der Waals surface area contributed by atoms with E-state index < -0.39 is 5.97 Å². The number of rotatable bonds is 7. The molecule has 0 aliphatic rings. The van der Waals surface area contributed by atoms with Gasteiger partial charge in [0.15, 0.2) is 10.8 Å². The molecule has 27 heavy (non-hydrogen) atoms. The van der Waals surface area contributed by atoms with Gasteiger partial charge >= 0.3 is 5.97 Å². The molecule has 0 spiro atoms. The molecular formula is C19H17BrN4O2S. The first-order chi connectivity index (χ1) is 13.2. The van der Waals surface area contributed by atoms with Crippen molar-refractivity contribution < 1.29 is 9.53 Å². The lowest BCUT2D eigenvalue weighted by molar-refractivity contribution is -0.134. The van der Waals surface area contributed by atoms with Gasteiger partial charge in [0.2, 0.25) is 0 Å². The van der Waals surface area contributed by atoms with Crippen molar-refractivity contribution in [3.05, 3.63) is 70.1 Å². The van der Waals surface area contributed by atoms with Crippen LogP contribution in [0.4, 0.5) is 16.5 Å². The van der Waals surface area contributed by atoms with Crippen LogP contribution in [-0.4, -0.2) is 23.3 Å². The Kier molecular flexibility index (Phi) is 6.56. The number of thiazole rings is 1. The average Bonchev–Trinajstić information content (AvgIpc) is 3.12. The quantitative estimate of drug-likeness (QED) is 0.303. The van der Waals surface area contributed by atoms with Crippen molar-refractivity contribution in [3.8, 4) is 0 Å². The van der Waals surface area contributed by atoms with E-state index >= 15 is 0 Å². The van der Waals surface area contributed by atoms with Crippen LogP contribution < -0.4 is 10.7 Å². The first kappa shape index (κ1) is 19.1. The minimum absolute atomic E-state index is 0.122. The van der Waals surface area contributed by atoms with E-state index in [9.17, 15) is 4.79 Å². The first-order valence-electron chi connectivity index (χ1n) is 8.20. The van der Waals surface area contributed by atoms with Crippen LogP contribution in [0.5, 0.6) is 0 Å². The fourth-order valence-electron chi connectivity index (χ4n) is 2.14. The molecule has 1 heterocycles. The van der Waals surface area contributed by atoms with E-state index in [2.05, 4.69) is 36.8 Å². The van der Waals surface area contributed by atoms with Crippen molar-refractivity contribution >= 4 is 55.5 Å². The summed E-state index contributed by atoms with van der Waals surface area (Å²) in [6.07, 6.45) is 0. The number of aromatic nitrogens is 1. The standard InChI is InChI=1S/C19H17BrN4O2S/c1-2-26-18(25)17(24-23-15-10-8-13(20)9-11-15)16-12-27-19(22-16)21-14-6-4-3-5-7-14/h3-12,23H,2H2,1H3,(H,21,22). The van der Waals surface area contributed by atoms with Gasteiger partial charge in [0, 0.05) is 15.5 Å². The summed E-state index contributed by atoms with van der Waals surface area (Å²) >= 11 is 4.77. The third kappa shape index (κ3) is 5.38. The Bertz CT molecular complexity index is 926. The maximum absolute atomic E-state index is 12.3. The Balaban J connectivity index is 1.81. The van der Waals surface area contributed by atoms with Gasteiger partial charge in [-0.25, -0.2) is 9.78 Å². The molecule has 138 valence electrons. The molecule has 0 amide bonds. The molecule has 0 saturated heterocycles. The van der Waals surface area contributed by atoms with Crippen LogP contribution >= 0.6 is 27.3 Å². The zero-order valence-electron chi connectivity index (χ0n) is 14.5. The molecule has 0 unspecified atom stereocenters. The molecule has 3 aromatic rings. The van der Waals surface area contributed by atoms with Gasteiger partial charge in [-0.1, -0.05) is 34.1 Å². The smallest absolute Gasteiger partial charge is 0.361 e. The highest BCUT2D eigenvalue weighted by atomic mass is 79.9. The molecule has 8 heteroatoms. The second-order valence-electron chi connectivity index (χ2n) is 5.33. The molecule has 0 fully saturated rings. The molecule has 6 nitrogen and oxygen atoms in total. The van der Waals surface area contributed by atoms with Crippen molar-refractivity contribution in [2.24, 2.45) is 5.10 Å². The second-order valence-corrected chi connectivity index (χ2v) is 7.10. The lowest BCUT2D eigenvalue weighted by Gasteiger charge is -2.06. The molecule has 0 aliphatic heterocycles. The number of nitrogens with zero attached hydrogens (tertiary/aromatic N) is 2. The summed E-state index contributed by atoms with van der Waals surface area (Å²) in [6, 6.07) is 17.2. The molecular weight excluding hydrogens is 428 g/mol. The highest BCUT2D eigenvalue weighted by Gasteiger charge is 2.19. The first-order valence-corrected chi connectivity index (χ1v) is 9.87. The van der Waals surface area contributed by atoms with E-state index in [1.165, 1.54) is 11.3 Å². The van der Waals surface area contributed by atoms with Crippen LogP contribution in [-0.2, 0) is 9.53 Å². The summed E-state index contributed by atoms with van der Waals surface area (Å²) in [5.41, 5.74) is 5.11. The van der Waals surface area contributed by atoms with Gasteiger partial charge in [-0.15, -0.1) is 11.3 Å². The Morgan fingerprint density at radius 3 is 2.59 bits per heavy atom. The minimum Gasteiger partial charge on any atom is -0.461 e. The summed E-state index contributed by atoms with van der Waals surface area (Å²) in [4.78, 5) is 16.8. The lowest BCUT2D eigenvalue weighted by atomic mass is 10.3. The van der Waals surface area contributed by atoms with Gasteiger partial charge < -0.3 is 10.1 Å². The summed E-state index contributed by atoms with van der Waals surface area (Å²) in [5.74, 6) is -0.529. The van der Waals surface area contributed by atoms with Gasteiger partial charge in [0.25, 0.3) is 0 Å². The molecule has 3 rings (SSSR count). The SMILES string of the molecule is CCOC(=O)C(=NNc1ccc(Br)cc1)c1csc(Nc2ccccc2)n1. The molecule has 0 bridgehead atoms. The predicted molar refractivity (Wildman–Crippen MR) is 113 cm³/mol. The van der Waals surface area contributed by atoms with E-state index in [4.69, 9.17) is 4.74 Å². The van der Waals surface area contributed by atoms with Gasteiger partial charge in [0.1, 0.15) is 5.69 Å². The fraction of sp³-hybridized carbons (Fsp3) is 0.105. The van der Waals surface area contributed by atoms with E-state index in [1.54, 1.807) is 12.3 Å². The van der Waals surface area contributed by atoms with Gasteiger partial charge in [-0.05, 0) is 43.3 Å². The zero-order chi connectivity index (χ0) is 19.1. The third-order valence-electron chi connectivity index (χ3n) is 3.38. The zero-order valence-corrected chi connectivity index (χ0v) is 16.9. The fourth-order valence-corrected chi connectivity index (χ4v) is 3.12. The van der Waals surface area contributed by atoms with Crippen LogP contribution in [0.3, 0.4) is 0 Å². The number of nitrogens with one attached hydrogen (secondary N) is 2. The highest BCUT2D eigenvalue weighted by Crippen LogP contribution is 2.22. The summed E-state index contributed by atoms with van der Waals surface area (Å²) < 4.78 is 6.08. The Labute approximate surface area is 169 Å². The average molecular weight is 445 g/mol. The largest absolute Gasteiger partial charge is 0.461 e. The molecule has 0 atom stereocenters. The normalized spacial score (nSPS) is 11.1. The van der Waals surface area contributed by atoms with Crippen LogP contribution in [0.1, 0.15) is 12.6 Å². The Morgan fingerprint density at radius 2 is 1.89 bits per heavy atom. The topological polar surface area (TPSA) is 75.6 Å². The number of carbonyl (C=O) groups excluding carboxylic acids is 1. The number of anilines is 3. The summed E-state index contributed by atoms with van der Waals surface area (Å²) in [7, 11) is 0. The Hall–Kier alpha value is -2.71. The molecule has 2 N–H and O–H groups in total. The third-order valence-corrected chi connectivity index (χ3v) is 4.67. The van der Waals surface area contributed by atoms with E-state index in [-0.39, 0.29) is 12.3 Å². The number of halogens is 1. The number of hydrazone groups is 1. The summed E-state index contributed by atoms with van der Waals surface area (Å²) in [6.45, 7) is 2.01. The highest BCUT2D eigenvalue weighted by molar-refractivity contribution is 9.10. The molecule has 0 aliphatic carbocycles. The van der Waals surface area contributed by atoms with Crippen LogP contribution in [0.15, 0.2) is 69.6 Å². The number of hydrogen-bond donors (Lipinski definition) is 2. The van der Waals surface area contributed by atoms with E-state index in [1.807, 2.05) is 54.6 Å². The molecule has 0 radical (unpaired) electrons. The minimum atomic E-state index is -0.529. The van der Waals surface area contributed by atoms with Crippen LogP contribution in [0.25, 0.3) is 0 Å². The molecule has 1 aromatic heterocycles. The van der Waals surface area contributed by atoms with Crippen LogP contribution in [0.2, 0.25) is 0 Å². The van der Waals surface area contributed by atoms with Crippen molar-refractivity contribution in [2.75, 3.05) is 17.3 Å². The lowest BCUT2D eigenvalue weighted by Crippen LogP contribution is -2.20. The number of para-hydroxylation sites is 1. The summed E-state index contributed by atoms with van der Waals surface area (Å²) in [5, 5.41) is 9.86. The van der Waals surface area contributed by atoms with E-state index in [0.717, 1.165) is 15.8 Å². The monoisotopic (exact) mass is 444 g/mol. The van der Waals surface area contributed by atoms with Gasteiger partial charge in [0.05, 0.1) is 12.3 Å². The maximum Gasteiger partial charge on any atom is 0.361 e. The maximum atomic E-state index is 12.3. The molecule has 0 saturated carbocycles. The number of carbonyl (C=O) groups is 1. The second kappa shape index (κ2) is 9.29. The number of ether oxygens (including phenoxy) is 1. The van der Waals surface area contributed by atoms with E-state index in [0.29, 0.717) is 10.8 Å². The van der Waals surface area contributed by atoms with Crippen molar-refractivity contribution in [2.45, 2.75) is 6.92 Å². The van der Waals surface area contributed by atoms with Crippen molar-refractivity contribution in [3.63, 3.8) is 0 Å². The van der Waals surface area contributed by atoms with Gasteiger partial charge in [-0.3, -0.25) is 5.43 Å². The van der Waals surface area contributed by atoms with Crippen molar-refractivity contribution in [1.82, 2.24) is 4.98 Å². The van der Waals surface area contributed by atoms with Crippen molar-refractivity contribution in [1.29, 1.82) is 0 Å². The predicted octanol–water partition coefficient (Wildman–Crippen LogP) is 5.03. The van der Waals surface area contributed by atoms with Crippen LogP contribution in [0, 0.1) is 0 Å². The molecule has 2 aromatic carbocycles. The van der Waals surface area contributed by atoms with Gasteiger partial charge in [-0.2, -0.15) is 5.10 Å². The number of esters is 1.